The zero-order valence-corrected chi connectivity index (χ0v) is 11.3. The summed E-state index contributed by atoms with van der Waals surface area (Å²) in [4.78, 5) is 10.8. The van der Waals surface area contributed by atoms with E-state index in [0.717, 1.165) is 6.07 Å². The van der Waals surface area contributed by atoms with Crippen molar-refractivity contribution >= 4 is 16.0 Å². The van der Waals surface area contributed by atoms with E-state index in [9.17, 15) is 13.2 Å². The van der Waals surface area contributed by atoms with Crippen LogP contribution < -0.4 is 9.46 Å². The standard InChI is InChI=1S/C11H15NO6S/c1-7(6-13)12-19(16,17)8-3-4-10(18-2)9(5-8)11(14)15/h3-5,7,12-13H,6H2,1-2H3,(H,14,15). The van der Waals surface area contributed by atoms with Crippen LogP contribution in [0.25, 0.3) is 0 Å². The number of hydrogen-bond acceptors (Lipinski definition) is 5. The van der Waals surface area contributed by atoms with Crippen LogP contribution in [0.3, 0.4) is 0 Å². The second-order valence-electron chi connectivity index (χ2n) is 3.87. The Bertz CT molecular complexity index is 569. The third-order valence-corrected chi connectivity index (χ3v) is 3.93. The Morgan fingerprint density at radius 3 is 2.58 bits per heavy atom. The maximum Gasteiger partial charge on any atom is 0.339 e. The lowest BCUT2D eigenvalue weighted by Crippen LogP contribution is -2.35. The van der Waals surface area contributed by atoms with Crippen molar-refractivity contribution in [3.05, 3.63) is 23.8 Å². The fraction of sp³-hybridized carbons (Fsp3) is 0.364. The van der Waals surface area contributed by atoms with Gasteiger partial charge in [-0.3, -0.25) is 0 Å². The smallest absolute Gasteiger partial charge is 0.339 e. The molecule has 0 bridgehead atoms. The van der Waals surface area contributed by atoms with Crippen LogP contribution in [0.2, 0.25) is 0 Å². The summed E-state index contributed by atoms with van der Waals surface area (Å²) < 4.78 is 30.9. The first kappa shape index (κ1) is 15.4. The highest BCUT2D eigenvalue weighted by Gasteiger charge is 2.20. The maximum absolute atomic E-state index is 11.9. The number of aliphatic hydroxyl groups excluding tert-OH is 1. The van der Waals surface area contributed by atoms with Crippen molar-refractivity contribution in [1.29, 1.82) is 0 Å². The van der Waals surface area contributed by atoms with E-state index in [1.54, 1.807) is 0 Å². The minimum atomic E-state index is -3.88. The van der Waals surface area contributed by atoms with Crippen LogP contribution in [0.1, 0.15) is 17.3 Å². The first-order valence-corrected chi connectivity index (χ1v) is 6.84. The number of aromatic carboxylic acids is 1. The largest absolute Gasteiger partial charge is 0.496 e. The van der Waals surface area contributed by atoms with E-state index >= 15 is 0 Å². The van der Waals surface area contributed by atoms with Gasteiger partial charge in [-0.2, -0.15) is 0 Å². The van der Waals surface area contributed by atoms with Gasteiger partial charge < -0.3 is 14.9 Å². The van der Waals surface area contributed by atoms with Crippen LogP contribution in [0.15, 0.2) is 23.1 Å². The number of methoxy groups -OCH3 is 1. The zero-order chi connectivity index (χ0) is 14.6. The van der Waals surface area contributed by atoms with E-state index in [1.165, 1.54) is 26.2 Å². The number of carbonyl (C=O) groups is 1. The van der Waals surface area contributed by atoms with Crippen molar-refractivity contribution < 1.29 is 28.2 Å². The molecule has 0 aliphatic heterocycles. The molecule has 0 amide bonds. The van der Waals surface area contributed by atoms with E-state index in [4.69, 9.17) is 14.9 Å². The SMILES string of the molecule is COc1ccc(S(=O)(=O)NC(C)CO)cc1C(=O)O. The van der Waals surface area contributed by atoms with Crippen LogP contribution in [0.5, 0.6) is 5.75 Å². The quantitative estimate of drug-likeness (QED) is 0.682. The van der Waals surface area contributed by atoms with Crippen LogP contribution in [0, 0.1) is 0 Å². The van der Waals surface area contributed by atoms with E-state index in [2.05, 4.69) is 4.72 Å². The summed E-state index contributed by atoms with van der Waals surface area (Å²) >= 11 is 0. The van der Waals surface area contributed by atoms with Gasteiger partial charge in [-0.25, -0.2) is 17.9 Å². The predicted molar refractivity (Wildman–Crippen MR) is 66.8 cm³/mol. The highest BCUT2D eigenvalue weighted by atomic mass is 32.2. The van der Waals surface area contributed by atoms with E-state index < -0.39 is 22.0 Å². The number of sulfonamides is 1. The number of aliphatic hydroxyl groups is 1. The van der Waals surface area contributed by atoms with Gasteiger partial charge in [0.2, 0.25) is 10.0 Å². The normalized spacial score (nSPS) is 13.0. The van der Waals surface area contributed by atoms with E-state index in [0.29, 0.717) is 0 Å². The van der Waals surface area contributed by atoms with Crippen molar-refractivity contribution in [2.24, 2.45) is 0 Å². The van der Waals surface area contributed by atoms with Crippen LogP contribution in [-0.4, -0.2) is 44.4 Å². The Hall–Kier alpha value is -1.64. The van der Waals surface area contributed by atoms with E-state index in [-0.39, 0.29) is 22.8 Å². The van der Waals surface area contributed by atoms with Gasteiger partial charge in [-0.05, 0) is 25.1 Å². The van der Waals surface area contributed by atoms with Crippen LogP contribution >= 0.6 is 0 Å². The summed E-state index contributed by atoms with van der Waals surface area (Å²) in [6, 6.07) is 2.84. The lowest BCUT2D eigenvalue weighted by molar-refractivity contribution is 0.0693. The van der Waals surface area contributed by atoms with Crippen molar-refractivity contribution in [3.63, 3.8) is 0 Å². The Morgan fingerprint density at radius 2 is 2.11 bits per heavy atom. The van der Waals surface area contributed by atoms with Gasteiger partial charge in [-0.1, -0.05) is 0 Å². The summed E-state index contributed by atoms with van der Waals surface area (Å²) in [7, 11) is -2.59. The van der Waals surface area contributed by atoms with Crippen molar-refractivity contribution in [1.82, 2.24) is 4.72 Å². The molecule has 1 rings (SSSR count). The molecule has 7 nitrogen and oxygen atoms in total. The molecular weight excluding hydrogens is 274 g/mol. The Kier molecular flexibility index (Phi) is 4.87. The molecule has 0 radical (unpaired) electrons. The number of benzene rings is 1. The minimum Gasteiger partial charge on any atom is -0.496 e. The number of nitrogens with one attached hydrogen (secondary N) is 1. The van der Waals surface area contributed by atoms with Crippen molar-refractivity contribution in [2.75, 3.05) is 13.7 Å². The average Bonchev–Trinajstić information content (AvgIpc) is 2.37. The number of carboxylic acid groups (broad SMARTS) is 1. The summed E-state index contributed by atoms with van der Waals surface area (Å²) in [5.74, 6) is -1.22. The Labute approximate surface area is 110 Å². The van der Waals surface area contributed by atoms with E-state index in [1.807, 2.05) is 0 Å². The average molecular weight is 289 g/mol. The Balaban J connectivity index is 3.22. The second-order valence-corrected chi connectivity index (χ2v) is 5.59. The molecule has 1 aromatic rings. The fourth-order valence-corrected chi connectivity index (χ4v) is 2.65. The zero-order valence-electron chi connectivity index (χ0n) is 10.5. The molecule has 1 atom stereocenters. The van der Waals surface area contributed by atoms with Gasteiger partial charge in [0.1, 0.15) is 11.3 Å². The summed E-state index contributed by atoms with van der Waals surface area (Å²) in [6.45, 7) is 1.13. The first-order chi connectivity index (χ1) is 8.81. The molecule has 106 valence electrons. The molecule has 0 heterocycles. The molecule has 0 saturated heterocycles. The third-order valence-electron chi connectivity index (χ3n) is 2.34. The molecule has 0 aliphatic rings. The highest BCUT2D eigenvalue weighted by Crippen LogP contribution is 2.22. The predicted octanol–water partition coefficient (Wildman–Crippen LogP) is 0.0525. The molecule has 8 heteroatoms. The molecule has 0 aliphatic carbocycles. The third kappa shape index (κ3) is 3.66. The molecule has 0 spiro atoms. The lowest BCUT2D eigenvalue weighted by Gasteiger charge is -2.13. The molecule has 3 N–H and O–H groups in total. The molecule has 0 fully saturated rings. The van der Waals surface area contributed by atoms with Gasteiger partial charge >= 0.3 is 5.97 Å². The maximum atomic E-state index is 11.9. The van der Waals surface area contributed by atoms with Gasteiger partial charge in [0.25, 0.3) is 0 Å². The summed E-state index contributed by atoms with van der Waals surface area (Å²) in [5.41, 5.74) is -0.248. The fourth-order valence-electron chi connectivity index (χ4n) is 1.39. The molecule has 1 unspecified atom stereocenters. The highest BCUT2D eigenvalue weighted by molar-refractivity contribution is 7.89. The summed E-state index contributed by atoms with van der Waals surface area (Å²) in [5, 5.41) is 17.8. The lowest BCUT2D eigenvalue weighted by atomic mass is 10.2. The molecule has 0 saturated carbocycles. The number of hydrogen-bond donors (Lipinski definition) is 3. The summed E-state index contributed by atoms with van der Waals surface area (Å²) in [6.07, 6.45) is 0. The topological polar surface area (TPSA) is 113 Å². The van der Waals surface area contributed by atoms with Crippen molar-refractivity contribution in [3.8, 4) is 5.75 Å². The molecule has 1 aromatic carbocycles. The van der Waals surface area contributed by atoms with Gasteiger partial charge in [-0.15, -0.1) is 0 Å². The monoisotopic (exact) mass is 289 g/mol. The van der Waals surface area contributed by atoms with Gasteiger partial charge in [0.05, 0.1) is 18.6 Å². The molecule has 19 heavy (non-hydrogen) atoms. The number of ether oxygens (including phenoxy) is 1. The van der Waals surface area contributed by atoms with Crippen LogP contribution in [-0.2, 0) is 10.0 Å². The van der Waals surface area contributed by atoms with Crippen molar-refractivity contribution in [2.45, 2.75) is 17.9 Å². The first-order valence-electron chi connectivity index (χ1n) is 5.36. The van der Waals surface area contributed by atoms with Gasteiger partial charge in [0.15, 0.2) is 0 Å². The van der Waals surface area contributed by atoms with Gasteiger partial charge in [0, 0.05) is 6.04 Å². The van der Waals surface area contributed by atoms with Crippen LogP contribution in [0.4, 0.5) is 0 Å². The number of carboxylic acids is 1. The molecular formula is C11H15NO6S. The Morgan fingerprint density at radius 1 is 1.47 bits per heavy atom. The number of rotatable bonds is 6. The second kappa shape index (κ2) is 6.00. The minimum absolute atomic E-state index is 0.0710. The molecule has 0 aromatic heterocycles.